The molecule has 1 saturated heterocycles. The lowest BCUT2D eigenvalue weighted by Gasteiger charge is -2.30. The average molecular weight is 249 g/mol. The maximum atomic E-state index is 11.4. The highest BCUT2D eigenvalue weighted by Gasteiger charge is 2.39. The molecule has 0 spiro atoms. The third kappa shape index (κ3) is 3.43. The SMILES string of the molecule is CCC(C)CN(CC)C1CS(=O)(=O)CC1O. The van der Waals surface area contributed by atoms with Crippen molar-refractivity contribution >= 4 is 9.84 Å². The number of hydrogen-bond donors (Lipinski definition) is 1. The molecular formula is C11H23NO3S. The Morgan fingerprint density at radius 1 is 1.38 bits per heavy atom. The summed E-state index contributed by atoms with van der Waals surface area (Å²) in [6.45, 7) is 7.95. The van der Waals surface area contributed by atoms with Crippen molar-refractivity contribution in [3.8, 4) is 0 Å². The average Bonchev–Trinajstić information content (AvgIpc) is 2.48. The molecule has 0 amide bonds. The van der Waals surface area contributed by atoms with Gasteiger partial charge in [-0.25, -0.2) is 8.42 Å². The van der Waals surface area contributed by atoms with Crippen molar-refractivity contribution in [1.82, 2.24) is 4.90 Å². The number of likely N-dealkylation sites (N-methyl/N-ethyl adjacent to an activating group) is 1. The van der Waals surface area contributed by atoms with E-state index in [4.69, 9.17) is 0 Å². The summed E-state index contributed by atoms with van der Waals surface area (Å²) in [5.74, 6) is 0.572. The Kier molecular flexibility index (Phi) is 4.76. The van der Waals surface area contributed by atoms with Crippen LogP contribution >= 0.6 is 0 Å². The molecule has 0 saturated carbocycles. The second kappa shape index (κ2) is 5.47. The van der Waals surface area contributed by atoms with Crippen molar-refractivity contribution in [3.05, 3.63) is 0 Å². The van der Waals surface area contributed by atoms with Gasteiger partial charge in [-0.2, -0.15) is 0 Å². The van der Waals surface area contributed by atoms with Crippen molar-refractivity contribution in [1.29, 1.82) is 0 Å². The van der Waals surface area contributed by atoms with Crippen molar-refractivity contribution in [2.24, 2.45) is 5.92 Å². The first-order valence-corrected chi connectivity index (χ1v) is 7.84. The van der Waals surface area contributed by atoms with E-state index in [9.17, 15) is 13.5 Å². The Morgan fingerprint density at radius 2 is 2.00 bits per heavy atom. The summed E-state index contributed by atoms with van der Waals surface area (Å²) in [4.78, 5) is 2.10. The quantitative estimate of drug-likeness (QED) is 0.771. The summed E-state index contributed by atoms with van der Waals surface area (Å²) >= 11 is 0. The van der Waals surface area contributed by atoms with Gasteiger partial charge < -0.3 is 5.11 Å². The van der Waals surface area contributed by atoms with E-state index in [0.717, 1.165) is 19.5 Å². The van der Waals surface area contributed by atoms with E-state index >= 15 is 0 Å². The van der Waals surface area contributed by atoms with Crippen LogP contribution in [0.2, 0.25) is 0 Å². The predicted molar refractivity (Wildman–Crippen MR) is 65.2 cm³/mol. The van der Waals surface area contributed by atoms with Crippen molar-refractivity contribution < 1.29 is 13.5 Å². The van der Waals surface area contributed by atoms with Gasteiger partial charge in [-0.3, -0.25) is 4.90 Å². The highest BCUT2D eigenvalue weighted by molar-refractivity contribution is 7.91. The summed E-state index contributed by atoms with van der Waals surface area (Å²) in [6.07, 6.45) is 0.362. The van der Waals surface area contributed by atoms with Crippen molar-refractivity contribution in [2.45, 2.75) is 39.3 Å². The van der Waals surface area contributed by atoms with Crippen molar-refractivity contribution in [3.63, 3.8) is 0 Å². The molecule has 1 fully saturated rings. The summed E-state index contributed by atoms with van der Waals surface area (Å²) in [5, 5.41) is 9.79. The Morgan fingerprint density at radius 3 is 2.38 bits per heavy atom. The lowest BCUT2D eigenvalue weighted by Crippen LogP contribution is -2.44. The molecule has 3 unspecified atom stereocenters. The minimum atomic E-state index is -3.03. The Bertz CT molecular complexity index is 315. The zero-order valence-corrected chi connectivity index (χ0v) is 11.2. The molecular weight excluding hydrogens is 226 g/mol. The highest BCUT2D eigenvalue weighted by atomic mass is 32.2. The first kappa shape index (κ1) is 13.9. The van der Waals surface area contributed by atoms with E-state index in [1.165, 1.54) is 0 Å². The van der Waals surface area contributed by atoms with Crippen molar-refractivity contribution in [2.75, 3.05) is 24.6 Å². The Labute approximate surface area is 98.6 Å². The van der Waals surface area contributed by atoms with Crippen LogP contribution in [0.4, 0.5) is 0 Å². The van der Waals surface area contributed by atoms with Crippen LogP contribution in [0.3, 0.4) is 0 Å². The molecule has 1 aliphatic rings. The number of sulfone groups is 1. The van der Waals surface area contributed by atoms with E-state index in [-0.39, 0.29) is 17.5 Å². The molecule has 0 aromatic heterocycles. The van der Waals surface area contributed by atoms with E-state index in [1.807, 2.05) is 6.92 Å². The fourth-order valence-corrected chi connectivity index (χ4v) is 4.02. The zero-order valence-electron chi connectivity index (χ0n) is 10.4. The van der Waals surface area contributed by atoms with Gasteiger partial charge in [0.05, 0.1) is 23.7 Å². The second-order valence-corrected chi connectivity index (χ2v) is 6.97. The van der Waals surface area contributed by atoms with Crippen LogP contribution < -0.4 is 0 Å². The zero-order chi connectivity index (χ0) is 12.3. The van der Waals surface area contributed by atoms with Gasteiger partial charge in [0.25, 0.3) is 0 Å². The number of hydrogen-bond acceptors (Lipinski definition) is 4. The van der Waals surface area contributed by atoms with Gasteiger partial charge >= 0.3 is 0 Å². The smallest absolute Gasteiger partial charge is 0.154 e. The van der Waals surface area contributed by atoms with Gasteiger partial charge in [0.15, 0.2) is 9.84 Å². The molecule has 0 bridgehead atoms. The third-order valence-corrected chi connectivity index (χ3v) is 5.11. The van der Waals surface area contributed by atoms with E-state index in [2.05, 4.69) is 18.7 Å². The maximum absolute atomic E-state index is 11.4. The number of aliphatic hydroxyl groups is 1. The number of aliphatic hydroxyl groups excluding tert-OH is 1. The summed E-state index contributed by atoms with van der Waals surface area (Å²) in [6, 6.07) is -0.205. The van der Waals surface area contributed by atoms with E-state index in [1.54, 1.807) is 0 Å². The molecule has 4 nitrogen and oxygen atoms in total. The lowest BCUT2D eigenvalue weighted by molar-refractivity contribution is 0.0770. The van der Waals surface area contributed by atoms with Crippen LogP contribution in [-0.4, -0.2) is 55.2 Å². The Hall–Kier alpha value is -0.130. The van der Waals surface area contributed by atoms with Crippen LogP contribution in [0, 0.1) is 5.92 Å². The van der Waals surface area contributed by atoms with Crippen LogP contribution in [0.25, 0.3) is 0 Å². The van der Waals surface area contributed by atoms with Crippen LogP contribution in [0.15, 0.2) is 0 Å². The molecule has 1 N–H and O–H groups in total. The monoisotopic (exact) mass is 249 g/mol. The fourth-order valence-electron chi connectivity index (χ4n) is 2.19. The molecule has 16 heavy (non-hydrogen) atoms. The van der Waals surface area contributed by atoms with Gasteiger partial charge in [0.1, 0.15) is 0 Å². The molecule has 96 valence electrons. The minimum absolute atomic E-state index is 0.0747. The van der Waals surface area contributed by atoms with E-state index < -0.39 is 15.9 Å². The van der Waals surface area contributed by atoms with Gasteiger partial charge in [-0.1, -0.05) is 27.2 Å². The number of rotatable bonds is 5. The first-order valence-electron chi connectivity index (χ1n) is 6.02. The predicted octanol–water partition coefficient (Wildman–Crippen LogP) is 0.512. The van der Waals surface area contributed by atoms with Gasteiger partial charge in [-0.05, 0) is 12.5 Å². The molecule has 5 heteroatoms. The van der Waals surface area contributed by atoms with Gasteiger partial charge in [0, 0.05) is 6.54 Å². The highest BCUT2D eigenvalue weighted by Crippen LogP contribution is 2.20. The third-order valence-electron chi connectivity index (χ3n) is 3.41. The Balaban J connectivity index is 2.67. The molecule has 0 aliphatic carbocycles. The molecule has 0 aromatic carbocycles. The molecule has 1 rings (SSSR count). The second-order valence-electron chi connectivity index (χ2n) is 4.81. The molecule has 0 radical (unpaired) electrons. The molecule has 1 heterocycles. The van der Waals surface area contributed by atoms with Crippen LogP contribution in [-0.2, 0) is 9.84 Å². The maximum Gasteiger partial charge on any atom is 0.154 e. The van der Waals surface area contributed by atoms with Crippen LogP contribution in [0.1, 0.15) is 27.2 Å². The summed E-state index contributed by atoms with van der Waals surface area (Å²) in [5.41, 5.74) is 0. The summed E-state index contributed by atoms with van der Waals surface area (Å²) in [7, 11) is -3.03. The summed E-state index contributed by atoms with van der Waals surface area (Å²) < 4.78 is 22.9. The normalized spacial score (nSPS) is 30.8. The standard InChI is InChI=1S/C11H23NO3S/c1-4-9(3)6-12(5-2)10-7-16(14,15)8-11(10)13/h9-11,13H,4-8H2,1-3H3. The molecule has 3 atom stereocenters. The topological polar surface area (TPSA) is 57.6 Å². The molecule has 1 aliphatic heterocycles. The molecule has 0 aromatic rings. The van der Waals surface area contributed by atoms with E-state index in [0.29, 0.717) is 5.92 Å². The minimum Gasteiger partial charge on any atom is -0.390 e. The fraction of sp³-hybridized carbons (Fsp3) is 1.00. The van der Waals surface area contributed by atoms with Crippen LogP contribution in [0.5, 0.6) is 0 Å². The first-order chi connectivity index (χ1) is 7.39. The van der Waals surface area contributed by atoms with Gasteiger partial charge in [-0.15, -0.1) is 0 Å². The lowest BCUT2D eigenvalue weighted by atomic mass is 10.1. The number of nitrogens with zero attached hydrogens (tertiary/aromatic N) is 1. The van der Waals surface area contributed by atoms with Gasteiger partial charge in [0.2, 0.25) is 0 Å². The largest absolute Gasteiger partial charge is 0.390 e.